The Hall–Kier alpha value is -17.8. The third-order valence-electron chi connectivity index (χ3n) is 26.9. The van der Waals surface area contributed by atoms with Crippen LogP contribution in [0.15, 0.2) is 518 Å². The molecule has 0 saturated heterocycles. The number of anilines is 6. The summed E-state index contributed by atoms with van der Waals surface area (Å²) >= 11 is 0. The summed E-state index contributed by atoms with van der Waals surface area (Å²) in [4.78, 5) is 4.70. The highest BCUT2D eigenvalue weighted by Gasteiger charge is 2.22. The summed E-state index contributed by atoms with van der Waals surface area (Å²) in [6.45, 7) is 0. The first-order valence-electron chi connectivity index (χ1n) is 45.8. The van der Waals surface area contributed by atoms with Crippen LogP contribution in [0.1, 0.15) is 0 Å². The van der Waals surface area contributed by atoms with Gasteiger partial charge in [0.2, 0.25) is 0 Å². The van der Waals surface area contributed by atoms with E-state index in [1.54, 1.807) is 0 Å². The van der Waals surface area contributed by atoms with Crippen LogP contribution in [0, 0.1) is 0 Å². The predicted octanol–water partition coefficient (Wildman–Crippen LogP) is 35.9. The van der Waals surface area contributed by atoms with Crippen LogP contribution in [0.4, 0.5) is 34.1 Å². The Labute approximate surface area is 775 Å². The standard InChI is InChI=1S/2C64H42N2O/c1-2-12-55-48(10-1)11-9-16-56(55)49-26-24-44(25-27-49)46-30-35-52(36-31-46)65(53-37-39-54(40-38-53)66-61-17-6-3-13-57(61)58-14-4-7-18-62(58)66)51-33-28-45(29-34-51)43-20-22-47(23-21-43)50-32-41-60-59-15-5-8-19-63(59)67-64(60)42-50;1-2-10-50-41-51(26-25-43(50)9-1)48-21-17-44(18-22-48)46-27-32-53(33-28-46)65(55-36-38-56(39-37-55)66-61-14-6-3-11-57(61)58-12-4-7-15-62(58)66)54-34-29-47(30-35-54)45-19-23-49(24-20-45)52-31-40-60-59-13-5-8-16-63(59)67-64(60)42-52/h2*1-42H. The molecule has 0 spiro atoms. The summed E-state index contributed by atoms with van der Waals surface area (Å²) in [6, 6.07) is 184. The maximum atomic E-state index is 6.21. The van der Waals surface area contributed by atoms with Crippen molar-refractivity contribution in [3.8, 4) is 100 Å². The van der Waals surface area contributed by atoms with Crippen LogP contribution in [0.3, 0.4) is 0 Å². The lowest BCUT2D eigenvalue weighted by Gasteiger charge is -2.26. The van der Waals surface area contributed by atoms with Gasteiger partial charge in [0.25, 0.3) is 0 Å². The summed E-state index contributed by atoms with van der Waals surface area (Å²) in [5, 5.41) is 14.6. The third kappa shape index (κ3) is 14.4. The van der Waals surface area contributed by atoms with E-state index in [1.165, 1.54) is 110 Å². The molecular formula is C128H84N4O2. The van der Waals surface area contributed by atoms with Gasteiger partial charge in [0.05, 0.1) is 22.1 Å². The summed E-state index contributed by atoms with van der Waals surface area (Å²) < 4.78 is 17.2. The Kier molecular flexibility index (Phi) is 19.5. The van der Waals surface area contributed by atoms with Crippen LogP contribution < -0.4 is 9.80 Å². The van der Waals surface area contributed by atoms with Crippen molar-refractivity contribution in [3.63, 3.8) is 0 Å². The molecule has 6 nitrogen and oxygen atoms in total. The number of para-hydroxylation sites is 6. The topological polar surface area (TPSA) is 42.6 Å². The molecule has 0 aliphatic heterocycles. The van der Waals surface area contributed by atoms with Crippen molar-refractivity contribution in [3.05, 3.63) is 510 Å². The normalized spacial score (nSPS) is 11.6. The van der Waals surface area contributed by atoms with Gasteiger partial charge in [0.15, 0.2) is 0 Å². The number of rotatable bonds is 16. The average Bonchev–Trinajstić information content (AvgIpc) is 1.58. The fourth-order valence-corrected chi connectivity index (χ4v) is 20.1. The van der Waals surface area contributed by atoms with Gasteiger partial charge in [-0.3, -0.25) is 0 Å². The molecule has 0 unspecified atom stereocenters. The highest BCUT2D eigenvalue weighted by molar-refractivity contribution is 6.12. The van der Waals surface area contributed by atoms with Crippen molar-refractivity contribution in [1.29, 1.82) is 0 Å². The number of fused-ring (bicyclic) bond motifs is 14. The lowest BCUT2D eigenvalue weighted by Crippen LogP contribution is -2.10. The van der Waals surface area contributed by atoms with E-state index in [-0.39, 0.29) is 0 Å². The van der Waals surface area contributed by atoms with E-state index < -0.39 is 0 Å². The molecule has 6 heteroatoms. The van der Waals surface area contributed by atoms with E-state index in [0.29, 0.717) is 0 Å². The molecule has 0 fully saturated rings. The SMILES string of the molecule is c1ccc2c(-c3ccc(-c4ccc(N(c5ccc(-c6ccc(-c7ccc8c(c7)oc7ccccc78)cc6)cc5)c5ccc(-n6c7ccccc7c7ccccc76)cc5)cc4)cc3)cccc2c1.c1ccc2cc(-c3ccc(-c4ccc(N(c5ccc(-c6ccc(-c7ccc8c(c7)oc7ccccc78)cc6)cc5)c5ccc(-n6c7ccccc7c7ccccc76)cc5)cc4)cc3)ccc2c1. The molecule has 22 aromatic carbocycles. The number of benzene rings is 22. The summed E-state index contributed by atoms with van der Waals surface area (Å²) in [6.07, 6.45) is 0. The smallest absolute Gasteiger partial charge is 0.136 e. The molecule has 0 saturated carbocycles. The second-order valence-corrected chi connectivity index (χ2v) is 34.6. The van der Waals surface area contributed by atoms with Crippen molar-refractivity contribution in [1.82, 2.24) is 9.13 Å². The Morgan fingerprint density at radius 2 is 0.381 bits per heavy atom. The zero-order valence-corrected chi connectivity index (χ0v) is 73.1. The minimum absolute atomic E-state index is 0.908. The second kappa shape index (κ2) is 33.3. The van der Waals surface area contributed by atoms with Crippen LogP contribution in [0.2, 0.25) is 0 Å². The minimum Gasteiger partial charge on any atom is -0.456 e. The van der Waals surface area contributed by atoms with Gasteiger partial charge >= 0.3 is 0 Å². The maximum Gasteiger partial charge on any atom is 0.136 e. The molecule has 628 valence electrons. The average molecular weight is 1710 g/mol. The van der Waals surface area contributed by atoms with Crippen LogP contribution >= 0.6 is 0 Å². The molecule has 0 atom stereocenters. The number of hydrogen-bond acceptors (Lipinski definition) is 4. The van der Waals surface area contributed by atoms with Crippen molar-refractivity contribution in [2.45, 2.75) is 0 Å². The molecule has 0 N–H and O–H groups in total. The van der Waals surface area contributed by atoms with E-state index in [0.717, 1.165) is 134 Å². The van der Waals surface area contributed by atoms with Gasteiger partial charge in [-0.25, -0.2) is 0 Å². The largest absolute Gasteiger partial charge is 0.456 e. The maximum absolute atomic E-state index is 6.21. The summed E-state index contributed by atoms with van der Waals surface area (Å²) in [5.41, 5.74) is 36.0. The van der Waals surface area contributed by atoms with Crippen molar-refractivity contribution < 1.29 is 8.83 Å². The molecule has 0 bridgehead atoms. The van der Waals surface area contributed by atoms with Gasteiger partial charge in [0.1, 0.15) is 22.3 Å². The van der Waals surface area contributed by atoms with Gasteiger partial charge in [-0.15, -0.1) is 0 Å². The molecule has 0 aliphatic carbocycles. The second-order valence-electron chi connectivity index (χ2n) is 34.6. The van der Waals surface area contributed by atoms with Crippen LogP contribution in [0.5, 0.6) is 0 Å². The summed E-state index contributed by atoms with van der Waals surface area (Å²) in [5.74, 6) is 0. The first kappa shape index (κ1) is 78.4. The molecule has 4 heterocycles. The van der Waals surface area contributed by atoms with E-state index >= 15 is 0 Å². The lowest BCUT2D eigenvalue weighted by molar-refractivity contribution is 0.668. The molecule has 4 aromatic heterocycles. The lowest BCUT2D eigenvalue weighted by atomic mass is 9.96. The number of hydrogen-bond donors (Lipinski definition) is 0. The van der Waals surface area contributed by atoms with Crippen molar-refractivity contribution in [2.24, 2.45) is 0 Å². The third-order valence-corrected chi connectivity index (χ3v) is 26.9. The Morgan fingerprint density at radius 1 is 0.142 bits per heavy atom. The highest BCUT2D eigenvalue weighted by Crippen LogP contribution is 2.45. The van der Waals surface area contributed by atoms with Crippen molar-refractivity contribution in [2.75, 3.05) is 9.80 Å². The monoisotopic (exact) mass is 1710 g/mol. The zero-order valence-electron chi connectivity index (χ0n) is 73.1. The zero-order chi connectivity index (χ0) is 88.5. The molecule has 26 aromatic rings. The van der Waals surface area contributed by atoms with Crippen LogP contribution in [-0.4, -0.2) is 9.13 Å². The Morgan fingerprint density at radius 3 is 0.739 bits per heavy atom. The first-order valence-corrected chi connectivity index (χ1v) is 45.8. The quantitative estimate of drug-likeness (QED) is 0.0967. The van der Waals surface area contributed by atoms with Gasteiger partial charge in [-0.2, -0.15) is 0 Å². The predicted molar refractivity (Wildman–Crippen MR) is 564 cm³/mol. The van der Waals surface area contributed by atoms with E-state index in [9.17, 15) is 0 Å². The Balaban J connectivity index is 0.000000143. The number of aromatic nitrogens is 2. The van der Waals surface area contributed by atoms with Crippen LogP contribution in [-0.2, 0) is 0 Å². The molecular weight excluding hydrogens is 1630 g/mol. The van der Waals surface area contributed by atoms with Crippen molar-refractivity contribution >= 4 is 143 Å². The molecule has 0 aliphatic rings. The van der Waals surface area contributed by atoms with Gasteiger partial charge < -0.3 is 27.8 Å². The molecule has 26 rings (SSSR count). The molecule has 134 heavy (non-hydrogen) atoms. The summed E-state index contributed by atoms with van der Waals surface area (Å²) in [7, 11) is 0. The minimum atomic E-state index is 0.908. The Bertz CT molecular complexity index is 8800. The number of furan rings is 2. The fraction of sp³-hybridized carbons (Fsp3) is 0. The van der Waals surface area contributed by atoms with Gasteiger partial charge in [-0.1, -0.05) is 346 Å². The van der Waals surface area contributed by atoms with E-state index in [1.807, 2.05) is 24.3 Å². The fourth-order valence-electron chi connectivity index (χ4n) is 20.1. The molecule has 0 amide bonds. The van der Waals surface area contributed by atoms with Gasteiger partial charge in [-0.05, 0) is 274 Å². The van der Waals surface area contributed by atoms with E-state index in [4.69, 9.17) is 8.83 Å². The number of nitrogens with zero attached hydrogens (tertiary/aromatic N) is 4. The molecule has 0 radical (unpaired) electrons. The van der Waals surface area contributed by atoms with Crippen LogP contribution in [0.25, 0.3) is 209 Å². The highest BCUT2D eigenvalue weighted by atomic mass is 16.3. The van der Waals surface area contributed by atoms with E-state index in [2.05, 4.69) is 504 Å². The van der Waals surface area contributed by atoms with Gasteiger partial charge in [0, 0.05) is 88.6 Å². The first-order chi connectivity index (χ1) is 66.4.